The first-order valence-corrected chi connectivity index (χ1v) is 4.83. The van der Waals surface area contributed by atoms with Crippen LogP contribution in [0.25, 0.3) is 0 Å². The molecule has 0 aliphatic heterocycles. The van der Waals surface area contributed by atoms with Crippen LogP contribution in [-0.2, 0) is 0 Å². The first-order valence-electron chi connectivity index (χ1n) is 4.45. The van der Waals surface area contributed by atoms with Gasteiger partial charge in [-0.3, -0.25) is 0 Å². The van der Waals surface area contributed by atoms with Crippen molar-refractivity contribution in [2.75, 3.05) is 11.3 Å². The van der Waals surface area contributed by atoms with Crippen LogP contribution >= 0.6 is 36.4 Å². The molecular formula is C9H11Cl3N6. The maximum Gasteiger partial charge on any atom is 0.263 e. The van der Waals surface area contributed by atoms with Gasteiger partial charge in [-0.15, -0.1) is 35.0 Å². The summed E-state index contributed by atoms with van der Waals surface area (Å²) in [6, 6.07) is 7.27. The Hall–Kier alpha value is -1.50. The number of nitrogens with zero attached hydrogens (tertiary/aromatic N) is 4. The van der Waals surface area contributed by atoms with Crippen molar-refractivity contribution in [2.45, 2.75) is 0 Å². The van der Waals surface area contributed by atoms with Gasteiger partial charge in [-0.2, -0.15) is 5.10 Å². The fraction of sp³-hybridized carbons (Fsp3) is 0. The number of anilines is 1. The van der Waals surface area contributed by atoms with Crippen LogP contribution < -0.4 is 11.3 Å². The van der Waals surface area contributed by atoms with Gasteiger partial charge in [-0.05, 0) is 17.7 Å². The zero-order valence-corrected chi connectivity index (χ0v) is 11.4. The number of hydrogen-bond donors (Lipinski definition) is 2. The monoisotopic (exact) mass is 308 g/mol. The smallest absolute Gasteiger partial charge is 0.263 e. The largest absolute Gasteiger partial charge is 0.335 e. The molecule has 0 fully saturated rings. The number of benzene rings is 1. The third-order valence-electron chi connectivity index (χ3n) is 1.82. The molecule has 0 saturated heterocycles. The van der Waals surface area contributed by atoms with Crippen LogP contribution in [0.5, 0.6) is 0 Å². The van der Waals surface area contributed by atoms with Crippen LogP contribution in [0, 0.1) is 0 Å². The Labute approximate surface area is 121 Å². The van der Waals surface area contributed by atoms with Crippen molar-refractivity contribution in [3.05, 3.63) is 41.2 Å². The standard InChI is InChI=1S/C9H9ClN6.2ClH/c10-8-3-1-7(2-4-8)5-12-14-9-15-13-6-16(9)11;;/h1-6H,11H2,(H,14,15);2*1H/b12-5+;;. The van der Waals surface area contributed by atoms with E-state index < -0.39 is 0 Å². The van der Waals surface area contributed by atoms with Crippen LogP contribution in [0.3, 0.4) is 0 Å². The van der Waals surface area contributed by atoms with Crippen molar-refractivity contribution in [1.82, 2.24) is 14.9 Å². The van der Waals surface area contributed by atoms with Crippen molar-refractivity contribution < 1.29 is 0 Å². The number of nitrogens with one attached hydrogen (secondary N) is 1. The Balaban J connectivity index is 0.00000144. The highest BCUT2D eigenvalue weighted by atomic mass is 35.5. The lowest BCUT2D eigenvalue weighted by Gasteiger charge is -1.97. The predicted molar refractivity (Wildman–Crippen MR) is 77.3 cm³/mol. The Bertz CT molecular complexity index is 495. The van der Waals surface area contributed by atoms with Gasteiger partial charge in [0.1, 0.15) is 6.33 Å². The van der Waals surface area contributed by atoms with E-state index in [0.717, 1.165) is 5.56 Å². The minimum Gasteiger partial charge on any atom is -0.335 e. The summed E-state index contributed by atoms with van der Waals surface area (Å²) in [6.07, 6.45) is 3.01. The summed E-state index contributed by atoms with van der Waals surface area (Å²) in [4.78, 5) is 0. The molecule has 2 aromatic rings. The molecule has 2 rings (SSSR count). The van der Waals surface area contributed by atoms with Crippen molar-refractivity contribution in [1.29, 1.82) is 0 Å². The molecule has 0 radical (unpaired) electrons. The zero-order valence-electron chi connectivity index (χ0n) is 9.02. The van der Waals surface area contributed by atoms with Gasteiger partial charge in [0.05, 0.1) is 6.21 Å². The second kappa shape index (κ2) is 7.75. The average Bonchev–Trinajstić information content (AvgIpc) is 2.68. The Morgan fingerprint density at radius 1 is 1.28 bits per heavy atom. The molecule has 0 aliphatic carbocycles. The molecule has 0 unspecified atom stereocenters. The molecular weight excluding hydrogens is 299 g/mol. The number of rotatable bonds is 3. The molecule has 3 N–H and O–H groups in total. The average molecular weight is 310 g/mol. The third-order valence-corrected chi connectivity index (χ3v) is 2.07. The maximum absolute atomic E-state index is 5.75. The Kier molecular flexibility index (Phi) is 7.11. The topological polar surface area (TPSA) is 81.1 Å². The van der Waals surface area contributed by atoms with E-state index in [9.17, 15) is 0 Å². The molecule has 0 amide bonds. The van der Waals surface area contributed by atoms with E-state index >= 15 is 0 Å². The zero-order chi connectivity index (χ0) is 11.4. The van der Waals surface area contributed by atoms with Crippen LogP contribution in [0.1, 0.15) is 5.56 Å². The van der Waals surface area contributed by atoms with Crippen molar-refractivity contribution in [2.24, 2.45) is 5.10 Å². The predicted octanol–water partition coefficient (Wildman–Crippen LogP) is 1.93. The molecule has 0 atom stereocenters. The van der Waals surface area contributed by atoms with E-state index in [0.29, 0.717) is 11.0 Å². The molecule has 1 aromatic heterocycles. The van der Waals surface area contributed by atoms with Crippen LogP contribution in [0.15, 0.2) is 35.7 Å². The SMILES string of the molecule is Cl.Cl.Nn1cnnc1N/N=C/c1ccc(Cl)cc1. The number of hydrazone groups is 1. The van der Waals surface area contributed by atoms with E-state index in [1.807, 2.05) is 12.1 Å². The molecule has 6 nitrogen and oxygen atoms in total. The number of aromatic nitrogens is 3. The Morgan fingerprint density at radius 2 is 1.94 bits per heavy atom. The van der Waals surface area contributed by atoms with Gasteiger partial charge >= 0.3 is 0 Å². The Morgan fingerprint density at radius 3 is 2.50 bits per heavy atom. The summed E-state index contributed by atoms with van der Waals surface area (Å²) in [5, 5.41) is 11.9. The van der Waals surface area contributed by atoms with E-state index in [1.54, 1.807) is 18.3 Å². The summed E-state index contributed by atoms with van der Waals surface area (Å²) in [5.74, 6) is 5.84. The van der Waals surface area contributed by atoms with E-state index in [2.05, 4.69) is 20.7 Å². The minimum atomic E-state index is 0. The molecule has 1 aromatic carbocycles. The molecule has 18 heavy (non-hydrogen) atoms. The summed E-state index contributed by atoms with van der Waals surface area (Å²) in [6.45, 7) is 0. The van der Waals surface area contributed by atoms with Crippen LogP contribution in [0.4, 0.5) is 5.95 Å². The third kappa shape index (κ3) is 4.40. The highest BCUT2D eigenvalue weighted by molar-refractivity contribution is 6.30. The van der Waals surface area contributed by atoms with Gasteiger partial charge in [-0.25, -0.2) is 10.1 Å². The molecule has 98 valence electrons. The van der Waals surface area contributed by atoms with E-state index in [1.165, 1.54) is 11.0 Å². The van der Waals surface area contributed by atoms with Gasteiger partial charge in [0.15, 0.2) is 0 Å². The minimum absolute atomic E-state index is 0. The maximum atomic E-state index is 5.75. The van der Waals surface area contributed by atoms with Crippen molar-refractivity contribution in [3.63, 3.8) is 0 Å². The number of nitrogens with two attached hydrogens (primary N) is 1. The van der Waals surface area contributed by atoms with Gasteiger partial charge in [0, 0.05) is 5.02 Å². The highest BCUT2D eigenvalue weighted by Crippen LogP contribution is 2.07. The lowest BCUT2D eigenvalue weighted by molar-refractivity contribution is 0.988. The molecule has 0 aliphatic rings. The fourth-order valence-corrected chi connectivity index (χ4v) is 1.16. The fourth-order valence-electron chi connectivity index (χ4n) is 1.04. The van der Waals surface area contributed by atoms with Crippen molar-refractivity contribution >= 4 is 48.6 Å². The van der Waals surface area contributed by atoms with Gasteiger partial charge < -0.3 is 5.84 Å². The normalized spacial score (nSPS) is 9.61. The first-order chi connectivity index (χ1) is 7.75. The summed E-state index contributed by atoms with van der Waals surface area (Å²) in [5.41, 5.74) is 3.57. The lowest BCUT2D eigenvalue weighted by atomic mass is 10.2. The van der Waals surface area contributed by atoms with Crippen LogP contribution in [-0.4, -0.2) is 21.1 Å². The summed E-state index contributed by atoms with van der Waals surface area (Å²) < 4.78 is 1.24. The highest BCUT2D eigenvalue weighted by Gasteiger charge is 1.96. The number of nitrogen functional groups attached to an aromatic ring is 1. The van der Waals surface area contributed by atoms with Gasteiger partial charge in [0.2, 0.25) is 0 Å². The quantitative estimate of drug-likeness (QED) is 0.516. The molecule has 9 heteroatoms. The molecule has 0 spiro atoms. The molecule has 1 heterocycles. The lowest BCUT2D eigenvalue weighted by Crippen LogP contribution is -2.10. The van der Waals surface area contributed by atoms with Crippen molar-refractivity contribution in [3.8, 4) is 0 Å². The summed E-state index contributed by atoms with van der Waals surface area (Å²) >= 11 is 5.75. The number of halogens is 3. The first kappa shape index (κ1) is 16.5. The number of hydrogen-bond acceptors (Lipinski definition) is 5. The summed E-state index contributed by atoms with van der Waals surface area (Å²) in [7, 11) is 0. The van der Waals surface area contributed by atoms with Gasteiger partial charge in [0.25, 0.3) is 5.95 Å². The van der Waals surface area contributed by atoms with E-state index in [4.69, 9.17) is 17.4 Å². The van der Waals surface area contributed by atoms with E-state index in [-0.39, 0.29) is 24.8 Å². The second-order valence-corrected chi connectivity index (χ2v) is 3.42. The van der Waals surface area contributed by atoms with Crippen LogP contribution in [0.2, 0.25) is 5.02 Å². The van der Waals surface area contributed by atoms with Gasteiger partial charge in [-0.1, -0.05) is 23.7 Å². The molecule has 0 bridgehead atoms. The second-order valence-electron chi connectivity index (χ2n) is 2.98. The molecule has 0 saturated carbocycles.